The lowest BCUT2D eigenvalue weighted by atomic mass is 9.94. The Hall–Kier alpha value is -5.92. The Kier molecular flexibility index (Phi) is 11.7. The lowest BCUT2D eigenvalue weighted by Crippen LogP contribution is -2.37. The average Bonchev–Trinajstić information content (AvgIpc) is 3.23. The first-order valence-corrected chi connectivity index (χ1v) is 19.1. The number of nitrogens with zero attached hydrogens (tertiary/aromatic N) is 4. The van der Waals surface area contributed by atoms with E-state index in [1.807, 2.05) is 48.6 Å². The molecule has 2 aliphatic rings. The molecule has 7 rings (SSSR count). The lowest BCUT2D eigenvalue weighted by molar-refractivity contribution is 0.0573. The van der Waals surface area contributed by atoms with Crippen molar-refractivity contribution in [2.45, 2.75) is 51.7 Å². The van der Waals surface area contributed by atoms with Crippen LogP contribution in [0.15, 0.2) is 121 Å². The van der Waals surface area contributed by atoms with Gasteiger partial charge in [-0.15, -0.1) is 0 Å². The van der Waals surface area contributed by atoms with Crippen molar-refractivity contribution in [3.05, 3.63) is 155 Å². The molecule has 2 aliphatic heterocycles. The number of allylic oxidation sites excluding steroid dienone is 2. The summed E-state index contributed by atoms with van der Waals surface area (Å²) in [7, 11) is 0. The van der Waals surface area contributed by atoms with Crippen LogP contribution in [0.2, 0.25) is 0 Å². The van der Waals surface area contributed by atoms with Crippen LogP contribution >= 0.6 is 0 Å². The molecule has 54 heavy (non-hydrogen) atoms. The summed E-state index contributed by atoms with van der Waals surface area (Å²) in [5.74, 6) is 0. The topological polar surface area (TPSA) is 72.5 Å². The molecule has 0 radical (unpaired) electrons. The molecule has 0 amide bonds. The van der Waals surface area contributed by atoms with Gasteiger partial charge in [0.15, 0.2) is 0 Å². The lowest BCUT2D eigenvalue weighted by Gasteiger charge is -2.36. The van der Waals surface area contributed by atoms with Gasteiger partial charge in [-0.2, -0.15) is 10.5 Å². The van der Waals surface area contributed by atoms with Crippen LogP contribution in [0.1, 0.15) is 60.1 Å². The van der Waals surface area contributed by atoms with Gasteiger partial charge in [-0.05, 0) is 107 Å². The molecule has 6 heteroatoms. The normalized spacial score (nSPS) is 17.0. The smallest absolute Gasteiger partial charge is 0.0998 e. The van der Waals surface area contributed by atoms with Crippen LogP contribution < -0.4 is 9.80 Å². The first-order chi connectivity index (χ1) is 26.6. The van der Waals surface area contributed by atoms with E-state index in [1.165, 1.54) is 22.5 Å². The Morgan fingerprint density at radius 3 is 1.37 bits per heavy atom. The Labute approximate surface area is 319 Å². The van der Waals surface area contributed by atoms with Crippen LogP contribution in [-0.4, -0.2) is 38.5 Å². The third-order valence-corrected chi connectivity index (χ3v) is 10.1. The van der Waals surface area contributed by atoms with Crippen LogP contribution in [0.3, 0.4) is 0 Å². The molecule has 2 unspecified atom stereocenters. The van der Waals surface area contributed by atoms with E-state index >= 15 is 0 Å². The molecule has 5 aromatic rings. The largest absolute Gasteiger partial charge is 0.376 e. The predicted octanol–water partition coefficient (Wildman–Crippen LogP) is 10.8. The standard InChI is InChI=1S/C48H46N4O2/c1-3-23-53-45-29-39-25-35(15-21-47(39)51(33-45)43-11-7-5-8-12-43)27-41(31-49)37-17-19-38(20-18-37)42(32-50)28-36-16-22-48-40(26-36)30-46(54-24-4-2)34-52(48)44-13-9-6-10-14-44/h5-22,25-28,45-46H,3-4,23-24,29-30,33-34H2,1-2H3/b41-27+,42-28+. The SMILES string of the molecule is CCCOC1Cc2cc(/C=C(\C#N)c3ccc(/C(C#N)=C/c4ccc5c(c4)CC(OCCC)CN5c4ccccc4)cc3)ccc2N(c2ccccc2)C1. The van der Waals surface area contributed by atoms with Crippen molar-refractivity contribution in [1.29, 1.82) is 10.5 Å². The second-order valence-corrected chi connectivity index (χ2v) is 14.0. The van der Waals surface area contributed by atoms with Gasteiger partial charge in [-0.3, -0.25) is 0 Å². The number of hydrogen-bond acceptors (Lipinski definition) is 6. The minimum Gasteiger partial charge on any atom is -0.376 e. The molecule has 0 aromatic heterocycles. The van der Waals surface area contributed by atoms with E-state index in [9.17, 15) is 10.5 Å². The summed E-state index contributed by atoms with van der Waals surface area (Å²) < 4.78 is 12.5. The number of fused-ring (bicyclic) bond motifs is 2. The molecule has 0 saturated carbocycles. The average molecular weight is 711 g/mol. The van der Waals surface area contributed by atoms with Crippen LogP contribution in [0.5, 0.6) is 0 Å². The fraction of sp³-hybridized carbons (Fsp3) is 0.250. The number of para-hydroxylation sites is 2. The maximum absolute atomic E-state index is 10.3. The molecule has 270 valence electrons. The Balaban J connectivity index is 1.13. The third kappa shape index (κ3) is 8.32. The molecular formula is C48H46N4O2. The zero-order chi connectivity index (χ0) is 37.3. The van der Waals surface area contributed by atoms with Crippen molar-refractivity contribution in [2.75, 3.05) is 36.1 Å². The molecular weight excluding hydrogens is 665 g/mol. The molecule has 0 spiro atoms. The summed E-state index contributed by atoms with van der Waals surface area (Å²) in [5, 5.41) is 20.5. The Morgan fingerprint density at radius 2 is 1.00 bits per heavy atom. The zero-order valence-electron chi connectivity index (χ0n) is 31.1. The van der Waals surface area contributed by atoms with Crippen molar-refractivity contribution in [3.63, 3.8) is 0 Å². The summed E-state index contributed by atoms with van der Waals surface area (Å²) in [6.45, 7) is 7.33. The molecule has 0 bridgehead atoms. The number of anilines is 4. The van der Waals surface area contributed by atoms with E-state index < -0.39 is 0 Å². The summed E-state index contributed by atoms with van der Waals surface area (Å²) >= 11 is 0. The third-order valence-electron chi connectivity index (χ3n) is 10.1. The van der Waals surface area contributed by atoms with Gasteiger partial charge >= 0.3 is 0 Å². The summed E-state index contributed by atoms with van der Waals surface area (Å²) in [4.78, 5) is 4.66. The quantitative estimate of drug-likeness (QED) is 0.0948. The van der Waals surface area contributed by atoms with Gasteiger partial charge in [-0.1, -0.05) is 86.6 Å². The second kappa shape index (κ2) is 17.3. The highest BCUT2D eigenvalue weighted by molar-refractivity contribution is 5.93. The fourth-order valence-corrected chi connectivity index (χ4v) is 7.49. The van der Waals surface area contributed by atoms with Crippen LogP contribution in [0.25, 0.3) is 23.3 Å². The molecule has 0 N–H and O–H groups in total. The van der Waals surface area contributed by atoms with Crippen molar-refractivity contribution >= 4 is 46.0 Å². The van der Waals surface area contributed by atoms with E-state index in [-0.39, 0.29) is 12.2 Å². The number of nitriles is 2. The van der Waals surface area contributed by atoms with E-state index in [4.69, 9.17) is 9.47 Å². The van der Waals surface area contributed by atoms with Crippen molar-refractivity contribution in [2.24, 2.45) is 0 Å². The van der Waals surface area contributed by atoms with E-state index in [1.54, 1.807) is 0 Å². The van der Waals surface area contributed by atoms with Gasteiger partial charge in [0, 0.05) is 61.9 Å². The van der Waals surface area contributed by atoms with Crippen molar-refractivity contribution < 1.29 is 9.47 Å². The number of benzene rings is 5. The Bertz CT molecular complexity index is 2040. The second-order valence-electron chi connectivity index (χ2n) is 14.0. The highest BCUT2D eigenvalue weighted by atomic mass is 16.5. The molecule has 0 saturated heterocycles. The maximum Gasteiger partial charge on any atom is 0.0998 e. The van der Waals surface area contributed by atoms with Gasteiger partial charge < -0.3 is 19.3 Å². The van der Waals surface area contributed by atoms with Gasteiger partial charge in [0.2, 0.25) is 0 Å². The summed E-state index contributed by atoms with van der Waals surface area (Å²) in [6.07, 6.45) is 7.67. The monoisotopic (exact) mass is 710 g/mol. The van der Waals surface area contributed by atoms with Gasteiger partial charge in [0.25, 0.3) is 0 Å². The predicted molar refractivity (Wildman–Crippen MR) is 221 cm³/mol. The molecule has 0 aliphatic carbocycles. The van der Waals surface area contributed by atoms with E-state index in [0.717, 1.165) is 85.6 Å². The summed E-state index contributed by atoms with van der Waals surface area (Å²) in [6, 6.07) is 46.3. The number of ether oxygens (including phenoxy) is 2. The molecule has 6 nitrogen and oxygen atoms in total. The first-order valence-electron chi connectivity index (χ1n) is 19.1. The molecule has 2 heterocycles. The van der Waals surface area contributed by atoms with Crippen molar-refractivity contribution in [3.8, 4) is 12.1 Å². The summed E-state index contributed by atoms with van der Waals surface area (Å²) in [5.41, 5.74) is 11.7. The van der Waals surface area contributed by atoms with Gasteiger partial charge in [0.1, 0.15) is 0 Å². The highest BCUT2D eigenvalue weighted by Crippen LogP contribution is 2.37. The number of rotatable bonds is 12. The van der Waals surface area contributed by atoms with Gasteiger partial charge in [0.05, 0.1) is 35.5 Å². The minimum absolute atomic E-state index is 0.0873. The fourth-order valence-electron chi connectivity index (χ4n) is 7.49. The zero-order valence-corrected chi connectivity index (χ0v) is 31.1. The van der Waals surface area contributed by atoms with Gasteiger partial charge in [-0.25, -0.2) is 0 Å². The van der Waals surface area contributed by atoms with Crippen LogP contribution in [-0.2, 0) is 22.3 Å². The maximum atomic E-state index is 10.3. The van der Waals surface area contributed by atoms with E-state index in [0.29, 0.717) is 11.1 Å². The molecule has 2 atom stereocenters. The van der Waals surface area contributed by atoms with Crippen LogP contribution in [0.4, 0.5) is 22.7 Å². The molecule has 5 aromatic carbocycles. The van der Waals surface area contributed by atoms with Crippen molar-refractivity contribution in [1.82, 2.24) is 0 Å². The van der Waals surface area contributed by atoms with E-state index in [2.05, 4.69) is 121 Å². The van der Waals surface area contributed by atoms with Crippen LogP contribution in [0, 0.1) is 22.7 Å². The molecule has 0 fully saturated rings. The number of hydrogen-bond donors (Lipinski definition) is 0. The first kappa shape index (κ1) is 36.4. The highest BCUT2D eigenvalue weighted by Gasteiger charge is 2.27. The minimum atomic E-state index is 0.0873. The Morgan fingerprint density at radius 1 is 0.593 bits per heavy atom.